The minimum absolute atomic E-state index is 0.00310. The molecule has 1 aliphatic heterocycles. The maximum Gasteiger partial charge on any atom is 0.455 e. The largest absolute Gasteiger partial charge is 0.489 e. The summed E-state index contributed by atoms with van der Waals surface area (Å²) in [5.74, 6) is -1.78. The third-order valence-electron chi connectivity index (χ3n) is 4.56. The van der Waals surface area contributed by atoms with Gasteiger partial charge in [0.25, 0.3) is 11.7 Å². The number of carbonyl (C=O) groups excluding carboxylic acids is 2. The van der Waals surface area contributed by atoms with Gasteiger partial charge in [0.15, 0.2) is 11.4 Å². The number of rotatable bonds is 2. The Morgan fingerprint density at radius 1 is 1.12 bits per heavy atom. The SMILES string of the molecule is O=C1CCCN(Cc2nc(C(F)(F)F)no2)CCCNC(=O)c2ncccc2OCCN1. The molecule has 0 bridgehead atoms. The van der Waals surface area contributed by atoms with Crippen molar-refractivity contribution in [3.63, 3.8) is 0 Å². The second kappa shape index (κ2) is 10.9. The number of amides is 2. The number of halogens is 3. The lowest BCUT2D eigenvalue weighted by atomic mass is 10.2. The standard InChI is InChI=1S/C19H23F3N6O4/c20-19(21,22)18-26-15(32-27-18)12-28-9-2-5-14(29)23-8-11-31-13-4-1-6-24-16(13)17(30)25-7-3-10-28/h1,4,6H,2-3,5,7-12H2,(H,23,29)(H,25,30). The molecule has 1 aliphatic rings. The second-order valence-electron chi connectivity index (χ2n) is 7.05. The molecule has 3 heterocycles. The van der Waals surface area contributed by atoms with Crippen LogP contribution in [0.25, 0.3) is 0 Å². The third-order valence-corrected chi connectivity index (χ3v) is 4.56. The highest BCUT2D eigenvalue weighted by atomic mass is 19.4. The van der Waals surface area contributed by atoms with Gasteiger partial charge in [-0.25, -0.2) is 4.98 Å². The first-order valence-corrected chi connectivity index (χ1v) is 10.1. The Morgan fingerprint density at radius 2 is 1.94 bits per heavy atom. The molecule has 10 nitrogen and oxygen atoms in total. The van der Waals surface area contributed by atoms with E-state index in [9.17, 15) is 22.8 Å². The van der Waals surface area contributed by atoms with E-state index in [-0.39, 0.29) is 43.6 Å². The first-order valence-electron chi connectivity index (χ1n) is 10.1. The monoisotopic (exact) mass is 456 g/mol. The number of hydrogen-bond donors (Lipinski definition) is 2. The van der Waals surface area contributed by atoms with Crippen LogP contribution in [0.2, 0.25) is 0 Å². The van der Waals surface area contributed by atoms with E-state index in [1.807, 2.05) is 0 Å². The quantitative estimate of drug-likeness (QED) is 0.695. The minimum Gasteiger partial charge on any atom is -0.489 e. The van der Waals surface area contributed by atoms with Crippen molar-refractivity contribution in [1.29, 1.82) is 0 Å². The van der Waals surface area contributed by atoms with Crippen molar-refractivity contribution >= 4 is 11.8 Å². The zero-order valence-corrected chi connectivity index (χ0v) is 17.2. The van der Waals surface area contributed by atoms with Crippen molar-refractivity contribution in [1.82, 2.24) is 30.7 Å². The molecule has 2 aromatic heterocycles. The maximum atomic E-state index is 12.7. The van der Waals surface area contributed by atoms with E-state index in [1.165, 1.54) is 6.20 Å². The summed E-state index contributed by atoms with van der Waals surface area (Å²) in [6.45, 7) is 1.58. The molecule has 0 saturated carbocycles. The van der Waals surface area contributed by atoms with Crippen molar-refractivity contribution in [2.75, 3.05) is 32.8 Å². The highest BCUT2D eigenvalue weighted by molar-refractivity contribution is 5.94. The van der Waals surface area contributed by atoms with Gasteiger partial charge in [0.05, 0.1) is 13.1 Å². The molecule has 174 valence electrons. The van der Waals surface area contributed by atoms with Crippen LogP contribution in [-0.2, 0) is 17.5 Å². The summed E-state index contributed by atoms with van der Waals surface area (Å²) in [5, 5.41) is 8.44. The number of aromatic nitrogens is 3. The fourth-order valence-electron chi connectivity index (χ4n) is 3.06. The molecule has 2 amide bonds. The van der Waals surface area contributed by atoms with Crippen molar-refractivity contribution < 1.29 is 32.0 Å². The summed E-state index contributed by atoms with van der Waals surface area (Å²) in [7, 11) is 0. The zero-order chi connectivity index (χ0) is 23.0. The molecule has 0 saturated heterocycles. The molecule has 32 heavy (non-hydrogen) atoms. The lowest BCUT2D eigenvalue weighted by Gasteiger charge is -2.20. The number of fused-ring (bicyclic) bond motifs is 1. The van der Waals surface area contributed by atoms with Gasteiger partial charge in [-0.05, 0) is 31.5 Å². The number of nitrogens with zero attached hydrogens (tertiary/aromatic N) is 4. The Hall–Kier alpha value is -3.22. The van der Waals surface area contributed by atoms with Crippen LogP contribution in [0, 0.1) is 0 Å². The van der Waals surface area contributed by atoms with E-state index >= 15 is 0 Å². The summed E-state index contributed by atoms with van der Waals surface area (Å²) in [6.07, 6.45) is -1.99. The number of ether oxygens (including phenoxy) is 1. The van der Waals surface area contributed by atoms with Crippen LogP contribution in [0.1, 0.15) is 41.5 Å². The van der Waals surface area contributed by atoms with Crippen LogP contribution in [0.5, 0.6) is 5.75 Å². The van der Waals surface area contributed by atoms with E-state index in [0.717, 1.165) is 0 Å². The molecule has 0 unspecified atom stereocenters. The van der Waals surface area contributed by atoms with Gasteiger partial charge < -0.3 is 19.9 Å². The van der Waals surface area contributed by atoms with Crippen molar-refractivity contribution in [3.8, 4) is 5.75 Å². The molecule has 0 spiro atoms. The highest BCUT2D eigenvalue weighted by Gasteiger charge is 2.37. The van der Waals surface area contributed by atoms with Crippen LogP contribution < -0.4 is 15.4 Å². The fourth-order valence-corrected chi connectivity index (χ4v) is 3.06. The molecule has 13 heteroatoms. The minimum atomic E-state index is -4.69. The Bertz CT molecular complexity index is 920. The van der Waals surface area contributed by atoms with Gasteiger partial charge in [0.1, 0.15) is 6.61 Å². The lowest BCUT2D eigenvalue weighted by molar-refractivity contribution is -0.146. The summed E-state index contributed by atoms with van der Waals surface area (Å²) in [4.78, 5) is 33.7. The zero-order valence-electron chi connectivity index (χ0n) is 17.2. The summed E-state index contributed by atoms with van der Waals surface area (Å²) in [6, 6.07) is 3.26. The summed E-state index contributed by atoms with van der Waals surface area (Å²) < 4.78 is 48.4. The van der Waals surface area contributed by atoms with E-state index in [0.29, 0.717) is 38.2 Å². The van der Waals surface area contributed by atoms with Gasteiger partial charge in [-0.1, -0.05) is 5.16 Å². The second-order valence-corrected chi connectivity index (χ2v) is 7.05. The van der Waals surface area contributed by atoms with Crippen LogP contribution >= 0.6 is 0 Å². The average Bonchev–Trinajstić information content (AvgIpc) is 3.22. The maximum absolute atomic E-state index is 12.7. The number of pyridine rings is 1. The number of nitrogens with one attached hydrogen (secondary N) is 2. The Morgan fingerprint density at radius 3 is 2.72 bits per heavy atom. The molecule has 0 fully saturated rings. The van der Waals surface area contributed by atoms with Gasteiger partial charge in [0, 0.05) is 25.7 Å². The molecule has 0 aromatic carbocycles. The van der Waals surface area contributed by atoms with E-state index in [2.05, 4.69) is 25.8 Å². The molecular formula is C19H23F3N6O4. The normalized spacial score (nSPS) is 17.7. The molecular weight excluding hydrogens is 433 g/mol. The summed E-state index contributed by atoms with van der Waals surface area (Å²) >= 11 is 0. The smallest absolute Gasteiger partial charge is 0.455 e. The van der Waals surface area contributed by atoms with Gasteiger partial charge in [0.2, 0.25) is 11.8 Å². The van der Waals surface area contributed by atoms with Gasteiger partial charge in [-0.2, -0.15) is 18.2 Å². The summed E-state index contributed by atoms with van der Waals surface area (Å²) in [5.41, 5.74) is 0.133. The van der Waals surface area contributed by atoms with Crippen molar-refractivity contribution in [2.45, 2.75) is 32.0 Å². The topological polar surface area (TPSA) is 122 Å². The Balaban J connectivity index is 1.65. The van der Waals surface area contributed by atoms with Crippen LogP contribution in [0.15, 0.2) is 22.9 Å². The number of alkyl halides is 3. The predicted molar refractivity (Wildman–Crippen MR) is 104 cm³/mol. The van der Waals surface area contributed by atoms with Crippen LogP contribution in [0.3, 0.4) is 0 Å². The Kier molecular flexibility index (Phi) is 7.98. The molecule has 0 radical (unpaired) electrons. The molecule has 2 aromatic rings. The molecule has 3 rings (SSSR count). The van der Waals surface area contributed by atoms with Crippen molar-refractivity contribution in [2.24, 2.45) is 0 Å². The predicted octanol–water partition coefficient (Wildman–Crippen LogP) is 1.39. The fraction of sp³-hybridized carbons (Fsp3) is 0.526. The van der Waals surface area contributed by atoms with E-state index in [1.54, 1.807) is 17.0 Å². The lowest BCUT2D eigenvalue weighted by Crippen LogP contribution is -2.33. The van der Waals surface area contributed by atoms with Crippen LogP contribution in [-0.4, -0.2) is 64.6 Å². The first kappa shape index (κ1) is 23.4. The molecule has 0 aliphatic carbocycles. The van der Waals surface area contributed by atoms with Crippen molar-refractivity contribution in [3.05, 3.63) is 35.7 Å². The Labute approximate surface area is 181 Å². The first-order chi connectivity index (χ1) is 15.3. The number of hydrogen-bond acceptors (Lipinski definition) is 8. The van der Waals surface area contributed by atoms with Crippen LogP contribution in [0.4, 0.5) is 13.2 Å². The average molecular weight is 456 g/mol. The van der Waals surface area contributed by atoms with E-state index < -0.39 is 17.9 Å². The van der Waals surface area contributed by atoms with Gasteiger partial charge in [-0.15, -0.1) is 0 Å². The van der Waals surface area contributed by atoms with Gasteiger partial charge >= 0.3 is 6.18 Å². The highest BCUT2D eigenvalue weighted by Crippen LogP contribution is 2.26. The molecule has 0 atom stereocenters. The molecule has 2 N–H and O–H groups in total. The number of carbonyl (C=O) groups is 2. The van der Waals surface area contributed by atoms with E-state index in [4.69, 9.17) is 9.26 Å². The van der Waals surface area contributed by atoms with Gasteiger partial charge in [-0.3, -0.25) is 14.5 Å². The third kappa shape index (κ3) is 6.90.